The molecule has 0 aliphatic carbocycles. The van der Waals surface area contributed by atoms with E-state index in [0.29, 0.717) is 0 Å². The van der Waals surface area contributed by atoms with Crippen molar-refractivity contribution in [3.8, 4) is 0 Å². The summed E-state index contributed by atoms with van der Waals surface area (Å²) in [6.45, 7) is 0. The number of benzene rings is 1. The van der Waals surface area contributed by atoms with Crippen LogP contribution in [0.1, 0.15) is 5.56 Å². The fraction of sp³-hybridized carbons (Fsp3) is 0.273. The van der Waals surface area contributed by atoms with Gasteiger partial charge in [0.15, 0.2) is 13.2 Å². The van der Waals surface area contributed by atoms with Gasteiger partial charge in [0.1, 0.15) is 5.52 Å². The molecule has 0 bridgehead atoms. The lowest BCUT2D eigenvalue weighted by Crippen LogP contribution is -2.33. The Morgan fingerprint density at radius 3 is 2.88 bits per heavy atom. The Labute approximate surface area is 99.2 Å². The van der Waals surface area contributed by atoms with E-state index in [0.717, 1.165) is 16.5 Å². The van der Waals surface area contributed by atoms with Crippen LogP contribution < -0.4 is 4.68 Å². The summed E-state index contributed by atoms with van der Waals surface area (Å²) in [5.41, 5.74) is 1.55. The molecule has 0 saturated heterocycles. The molecule has 2 aromatic rings. The topological polar surface area (TPSA) is 63.3 Å². The third kappa shape index (κ3) is 2.69. The van der Waals surface area contributed by atoms with E-state index in [1.807, 2.05) is 24.3 Å². The van der Waals surface area contributed by atoms with Gasteiger partial charge in [-0.25, -0.2) is 0 Å². The summed E-state index contributed by atoms with van der Waals surface area (Å²) in [6, 6.07) is 7.51. The van der Waals surface area contributed by atoms with Gasteiger partial charge in [-0.05, 0) is 11.2 Å². The van der Waals surface area contributed by atoms with Crippen molar-refractivity contribution in [3.05, 3.63) is 36.0 Å². The molecular formula is C11H14N2O3P+. The van der Waals surface area contributed by atoms with Gasteiger partial charge in [-0.1, -0.05) is 22.9 Å². The molecule has 0 saturated carbocycles. The van der Waals surface area contributed by atoms with E-state index < -0.39 is 7.60 Å². The molecule has 0 aliphatic heterocycles. The Morgan fingerprint density at radius 2 is 2.18 bits per heavy atom. The van der Waals surface area contributed by atoms with Crippen LogP contribution >= 0.6 is 7.60 Å². The maximum Gasteiger partial charge on any atom is 0.332 e. The molecule has 1 aromatic heterocycles. The molecule has 2 rings (SSSR count). The average molecular weight is 253 g/mol. The monoisotopic (exact) mass is 253 g/mol. The van der Waals surface area contributed by atoms with Gasteiger partial charge < -0.3 is 9.42 Å². The van der Waals surface area contributed by atoms with Gasteiger partial charge in [0.05, 0.1) is 6.16 Å². The molecule has 1 atom stereocenters. The first-order valence-electron chi connectivity index (χ1n) is 5.14. The minimum Gasteiger partial charge on any atom is -0.324 e. The Morgan fingerprint density at radius 1 is 1.47 bits per heavy atom. The number of hydrogen-bond donors (Lipinski definition) is 1. The molecule has 0 amide bonds. The maximum absolute atomic E-state index is 11.6. The van der Waals surface area contributed by atoms with Gasteiger partial charge in [-0.15, -0.1) is 0 Å². The largest absolute Gasteiger partial charge is 0.332 e. The van der Waals surface area contributed by atoms with Crippen LogP contribution in [0.5, 0.6) is 0 Å². The molecule has 1 aromatic carbocycles. The van der Waals surface area contributed by atoms with Crippen LogP contribution in [0.25, 0.3) is 10.9 Å². The standard InChI is InChI=1S/C11H13N2O3P/c1-13-7-9(8-17(14,15)16-2)10-5-3-4-6-11(10)12-13/h3-7H,8H2,1-2H3/p+1. The summed E-state index contributed by atoms with van der Waals surface area (Å²) in [5.74, 6) is 0. The fourth-order valence-electron chi connectivity index (χ4n) is 1.73. The number of aromatic nitrogens is 2. The van der Waals surface area contributed by atoms with Crippen molar-refractivity contribution < 1.29 is 18.7 Å². The summed E-state index contributed by atoms with van der Waals surface area (Å²) in [4.78, 5) is 9.53. The van der Waals surface area contributed by atoms with Crippen molar-refractivity contribution in [1.82, 2.24) is 5.10 Å². The summed E-state index contributed by atoms with van der Waals surface area (Å²) < 4.78 is 17.9. The van der Waals surface area contributed by atoms with Crippen LogP contribution in [-0.2, 0) is 22.3 Å². The molecule has 17 heavy (non-hydrogen) atoms. The highest BCUT2D eigenvalue weighted by atomic mass is 31.2. The zero-order valence-electron chi connectivity index (χ0n) is 9.70. The number of aryl methyl sites for hydroxylation is 1. The van der Waals surface area contributed by atoms with Crippen LogP contribution in [0.15, 0.2) is 30.5 Å². The van der Waals surface area contributed by atoms with Crippen LogP contribution in [0, 0.1) is 0 Å². The van der Waals surface area contributed by atoms with Crippen LogP contribution in [0.2, 0.25) is 0 Å². The predicted molar refractivity (Wildman–Crippen MR) is 63.5 cm³/mol. The maximum atomic E-state index is 11.6. The third-order valence-corrected chi connectivity index (χ3v) is 3.82. The van der Waals surface area contributed by atoms with Crippen molar-refractivity contribution >= 4 is 18.5 Å². The van der Waals surface area contributed by atoms with Gasteiger partial charge in [0.2, 0.25) is 0 Å². The number of rotatable bonds is 3. The lowest BCUT2D eigenvalue weighted by Gasteiger charge is -2.08. The highest BCUT2D eigenvalue weighted by molar-refractivity contribution is 7.51. The van der Waals surface area contributed by atoms with E-state index in [-0.39, 0.29) is 6.16 Å². The van der Waals surface area contributed by atoms with E-state index in [1.54, 1.807) is 17.9 Å². The normalized spacial score (nSPS) is 14.8. The lowest BCUT2D eigenvalue weighted by atomic mass is 10.1. The summed E-state index contributed by atoms with van der Waals surface area (Å²) in [7, 11) is -0.538. The van der Waals surface area contributed by atoms with Gasteiger partial charge >= 0.3 is 7.60 Å². The molecule has 1 N–H and O–H groups in total. The van der Waals surface area contributed by atoms with E-state index in [4.69, 9.17) is 0 Å². The molecule has 0 aliphatic rings. The fourth-order valence-corrected chi connectivity index (χ4v) is 2.54. The zero-order valence-corrected chi connectivity index (χ0v) is 10.6. The van der Waals surface area contributed by atoms with Gasteiger partial charge in [-0.3, -0.25) is 4.57 Å². The SMILES string of the molecule is COP(=O)(O)Cc1c[n+](C)nc2ccccc12. The molecule has 1 heterocycles. The highest BCUT2D eigenvalue weighted by Crippen LogP contribution is 2.45. The molecule has 5 nitrogen and oxygen atoms in total. The quantitative estimate of drug-likeness (QED) is 0.663. The number of hydrogen-bond acceptors (Lipinski definition) is 3. The van der Waals surface area contributed by atoms with Crippen molar-refractivity contribution in [1.29, 1.82) is 0 Å². The minimum atomic E-state index is -3.56. The molecule has 90 valence electrons. The summed E-state index contributed by atoms with van der Waals surface area (Å²) >= 11 is 0. The first-order chi connectivity index (χ1) is 8.02. The number of fused-ring (bicyclic) bond motifs is 1. The van der Waals surface area contributed by atoms with Crippen molar-refractivity contribution in [2.45, 2.75) is 6.16 Å². The van der Waals surface area contributed by atoms with Crippen molar-refractivity contribution in [2.75, 3.05) is 7.11 Å². The first-order valence-corrected chi connectivity index (χ1v) is 6.90. The Hall–Kier alpha value is -1.29. The molecule has 6 heteroatoms. The average Bonchev–Trinajstić information content (AvgIpc) is 2.28. The Kier molecular flexibility index (Phi) is 3.24. The summed E-state index contributed by atoms with van der Waals surface area (Å²) in [5, 5.41) is 5.17. The van der Waals surface area contributed by atoms with E-state index in [1.165, 1.54) is 7.11 Å². The molecule has 0 radical (unpaired) electrons. The second-order valence-corrected chi connectivity index (χ2v) is 5.78. The molecule has 0 spiro atoms. The molecular weight excluding hydrogens is 239 g/mol. The predicted octanol–water partition coefficient (Wildman–Crippen LogP) is 1.39. The van der Waals surface area contributed by atoms with Gasteiger partial charge in [0, 0.05) is 18.1 Å². The smallest absolute Gasteiger partial charge is 0.324 e. The molecule has 1 unspecified atom stereocenters. The molecule has 0 fully saturated rings. The third-order valence-electron chi connectivity index (χ3n) is 2.51. The Balaban J connectivity index is 2.56. The van der Waals surface area contributed by atoms with Crippen LogP contribution in [0.4, 0.5) is 0 Å². The Bertz CT molecular complexity index is 600. The second kappa shape index (κ2) is 4.53. The minimum absolute atomic E-state index is 0.0135. The van der Waals surface area contributed by atoms with Crippen LogP contribution in [-0.4, -0.2) is 17.1 Å². The lowest BCUT2D eigenvalue weighted by molar-refractivity contribution is -0.728. The van der Waals surface area contributed by atoms with Crippen LogP contribution in [0.3, 0.4) is 0 Å². The zero-order chi connectivity index (χ0) is 12.5. The van der Waals surface area contributed by atoms with Crippen molar-refractivity contribution in [3.63, 3.8) is 0 Å². The summed E-state index contributed by atoms with van der Waals surface area (Å²) in [6.07, 6.45) is 1.73. The van der Waals surface area contributed by atoms with E-state index >= 15 is 0 Å². The highest BCUT2D eigenvalue weighted by Gasteiger charge is 2.22. The number of nitrogens with zero attached hydrogens (tertiary/aromatic N) is 2. The van der Waals surface area contributed by atoms with E-state index in [9.17, 15) is 9.46 Å². The van der Waals surface area contributed by atoms with Gasteiger partial charge in [0.25, 0.3) is 0 Å². The first kappa shape index (κ1) is 12.2. The van der Waals surface area contributed by atoms with Crippen molar-refractivity contribution in [2.24, 2.45) is 7.05 Å². The van der Waals surface area contributed by atoms with E-state index in [2.05, 4.69) is 9.62 Å². The van der Waals surface area contributed by atoms with Gasteiger partial charge in [-0.2, -0.15) is 0 Å². The second-order valence-electron chi connectivity index (χ2n) is 3.82.